The molecule has 76 heavy (non-hydrogen) atoms. The van der Waals surface area contributed by atoms with Gasteiger partial charge >= 0.3 is 0 Å². The van der Waals surface area contributed by atoms with E-state index in [-0.39, 0.29) is 0 Å². The van der Waals surface area contributed by atoms with Gasteiger partial charge in [-0.1, -0.05) is 192 Å². The van der Waals surface area contributed by atoms with Crippen LogP contribution in [0.2, 0.25) is 0 Å². The lowest BCUT2D eigenvalue weighted by Crippen LogP contribution is -2.37. The summed E-state index contributed by atoms with van der Waals surface area (Å²) in [5, 5.41) is 5.13. The molecule has 2 nitrogen and oxygen atoms in total. The molecule has 0 heterocycles. The number of fused-ring (bicyclic) bond motifs is 14. The topological polar surface area (TPSA) is 6.48 Å². The first-order chi connectivity index (χ1) is 37.3. The summed E-state index contributed by atoms with van der Waals surface area (Å²) in [5.41, 5.74) is 29.0. The number of aryl methyl sites for hydroxylation is 4. The number of hydrogen-bond acceptors (Lipinski definition) is 2. The minimum absolute atomic E-state index is 0.648. The average molecular weight is 969 g/mol. The van der Waals surface area contributed by atoms with Crippen molar-refractivity contribution in [2.45, 2.75) is 38.5 Å². The molecular weight excluding hydrogens is 917 g/mol. The number of benzene rings is 12. The molecule has 4 aliphatic rings. The second-order valence-electron chi connectivity index (χ2n) is 21.9. The van der Waals surface area contributed by atoms with E-state index >= 15 is 0 Å². The van der Waals surface area contributed by atoms with Gasteiger partial charge < -0.3 is 9.80 Å². The molecule has 0 N–H and O–H groups in total. The Morgan fingerprint density at radius 3 is 0.803 bits per heavy atom. The maximum atomic E-state index is 2.58. The first-order valence-electron chi connectivity index (χ1n) is 26.8. The molecule has 2 spiro atoms. The Balaban J connectivity index is 1.10. The van der Waals surface area contributed by atoms with E-state index in [0.29, 0.717) is 0 Å². The highest BCUT2D eigenvalue weighted by atomic mass is 15.1. The summed E-state index contributed by atoms with van der Waals surface area (Å²) < 4.78 is 0. The van der Waals surface area contributed by atoms with Gasteiger partial charge in [-0.3, -0.25) is 0 Å². The fourth-order valence-corrected chi connectivity index (χ4v) is 14.5. The van der Waals surface area contributed by atoms with Gasteiger partial charge in [-0.25, -0.2) is 0 Å². The Hall–Kier alpha value is -9.24. The second kappa shape index (κ2) is 15.6. The highest BCUT2D eigenvalue weighted by Crippen LogP contribution is 2.70. The summed E-state index contributed by atoms with van der Waals surface area (Å²) in [5.74, 6) is 0. The Labute approximate surface area is 444 Å². The van der Waals surface area contributed by atoms with E-state index in [1.807, 2.05) is 0 Å². The molecule has 12 aromatic carbocycles. The monoisotopic (exact) mass is 968 g/mol. The summed E-state index contributed by atoms with van der Waals surface area (Å²) in [6, 6.07) is 93.4. The lowest BCUT2D eigenvalue weighted by Gasteiger charge is -2.47. The molecule has 358 valence electrons. The largest absolute Gasteiger partial charge is 0.310 e. The molecule has 12 aromatic rings. The molecule has 0 saturated carbocycles. The molecule has 0 bridgehead atoms. The van der Waals surface area contributed by atoms with Crippen LogP contribution in [0.25, 0.3) is 54.9 Å². The SMILES string of the molecule is Cc1ccc(N(c2ccc(C)cc2)c2cc3c4c5c(ccc4c2)C2(c4ccccc4-c4ccccc42)c2cc(N(c4ccc(C)cc4)c4ccc(C)cc4)cc4ccc(c-5c24)C32c3ccccc3-c3ccccc32)cc1. The van der Waals surface area contributed by atoms with Gasteiger partial charge in [0.25, 0.3) is 0 Å². The molecule has 16 rings (SSSR count). The average Bonchev–Trinajstić information content (AvgIpc) is 3.63. The number of nitrogens with zero attached hydrogens (tertiary/aromatic N) is 2. The van der Waals surface area contributed by atoms with Gasteiger partial charge in [0.1, 0.15) is 0 Å². The van der Waals surface area contributed by atoms with Gasteiger partial charge in [0.05, 0.1) is 10.8 Å². The minimum Gasteiger partial charge on any atom is -0.310 e. The van der Waals surface area contributed by atoms with E-state index in [9.17, 15) is 0 Å². The smallest absolute Gasteiger partial charge is 0.0726 e. The molecule has 0 unspecified atom stereocenters. The van der Waals surface area contributed by atoms with Crippen LogP contribution in [0.4, 0.5) is 34.1 Å². The van der Waals surface area contributed by atoms with Crippen LogP contribution in [0.1, 0.15) is 66.8 Å². The highest BCUT2D eigenvalue weighted by molar-refractivity contribution is 6.20. The van der Waals surface area contributed by atoms with Crippen molar-refractivity contribution in [3.05, 3.63) is 309 Å². The normalized spacial score (nSPS) is 14.0. The van der Waals surface area contributed by atoms with Crippen LogP contribution < -0.4 is 9.80 Å². The molecule has 0 aliphatic heterocycles. The molecular formula is C74H52N2. The predicted molar refractivity (Wildman–Crippen MR) is 317 cm³/mol. The van der Waals surface area contributed by atoms with Crippen molar-refractivity contribution in [2.24, 2.45) is 0 Å². The molecule has 0 fully saturated rings. The molecule has 0 atom stereocenters. The van der Waals surface area contributed by atoms with Gasteiger partial charge in [0.15, 0.2) is 0 Å². The Morgan fingerprint density at radius 2 is 0.513 bits per heavy atom. The summed E-state index contributed by atoms with van der Waals surface area (Å²) in [6.45, 7) is 8.70. The van der Waals surface area contributed by atoms with Gasteiger partial charge in [-0.05, 0) is 200 Å². The fraction of sp³-hybridized carbons (Fsp3) is 0.0811. The fourth-order valence-electron chi connectivity index (χ4n) is 14.5. The zero-order valence-electron chi connectivity index (χ0n) is 43.0. The van der Waals surface area contributed by atoms with E-state index in [0.717, 1.165) is 34.1 Å². The molecule has 0 amide bonds. The molecule has 4 aliphatic carbocycles. The van der Waals surface area contributed by atoms with Crippen LogP contribution in [0, 0.1) is 27.7 Å². The lowest BCUT2D eigenvalue weighted by molar-refractivity contribution is 0.751. The van der Waals surface area contributed by atoms with Crippen LogP contribution in [0.5, 0.6) is 0 Å². The first kappa shape index (κ1) is 43.2. The highest BCUT2D eigenvalue weighted by Gasteiger charge is 2.56. The molecule has 0 aromatic heterocycles. The van der Waals surface area contributed by atoms with Crippen molar-refractivity contribution in [2.75, 3.05) is 9.80 Å². The van der Waals surface area contributed by atoms with Crippen molar-refractivity contribution < 1.29 is 0 Å². The summed E-state index contributed by atoms with van der Waals surface area (Å²) >= 11 is 0. The summed E-state index contributed by atoms with van der Waals surface area (Å²) in [7, 11) is 0. The van der Waals surface area contributed by atoms with Crippen LogP contribution in [-0.2, 0) is 10.8 Å². The van der Waals surface area contributed by atoms with E-state index in [1.54, 1.807) is 0 Å². The van der Waals surface area contributed by atoms with Crippen molar-refractivity contribution in [1.82, 2.24) is 0 Å². The summed E-state index contributed by atoms with van der Waals surface area (Å²) in [4.78, 5) is 4.95. The second-order valence-corrected chi connectivity index (χ2v) is 21.9. The maximum absolute atomic E-state index is 2.58. The number of anilines is 6. The molecule has 0 saturated heterocycles. The van der Waals surface area contributed by atoms with Crippen molar-refractivity contribution in [3.63, 3.8) is 0 Å². The third-order valence-electron chi connectivity index (χ3n) is 17.7. The van der Waals surface area contributed by atoms with E-state index in [4.69, 9.17) is 0 Å². The standard InChI is InChI=1S/C74H52N2/c1-45-21-31-51(32-22-45)75(52-33-23-46(2)24-34-52)55-41-49-29-39-66-71-69(49)67(43-55)73(61-17-9-5-13-57(61)58-14-6-10-18-62(58)73)65-40-30-50-42-56(76(53-35-25-47(3)26-36-53)54-37-27-48(4)28-38-54)44-68(70(50)72(65)71)74(66)63-19-11-7-15-59(63)60-16-8-12-20-64(60)74/h5-44H,1-4H3. The van der Waals surface area contributed by atoms with Crippen LogP contribution in [0.15, 0.2) is 243 Å². The quantitative estimate of drug-likeness (QED) is 0.164. The number of rotatable bonds is 6. The van der Waals surface area contributed by atoms with Crippen molar-refractivity contribution in [1.29, 1.82) is 0 Å². The van der Waals surface area contributed by atoms with Crippen LogP contribution in [0.3, 0.4) is 0 Å². The molecule has 2 heteroatoms. The van der Waals surface area contributed by atoms with Gasteiger partial charge in [0.2, 0.25) is 0 Å². The van der Waals surface area contributed by atoms with Gasteiger partial charge in [-0.15, -0.1) is 0 Å². The third-order valence-corrected chi connectivity index (χ3v) is 17.7. The van der Waals surface area contributed by atoms with E-state index in [1.165, 1.54) is 122 Å². The van der Waals surface area contributed by atoms with Gasteiger partial charge in [0, 0.05) is 34.1 Å². The predicted octanol–water partition coefficient (Wildman–Crippen LogP) is 19.2. The maximum Gasteiger partial charge on any atom is 0.0726 e. The zero-order valence-corrected chi connectivity index (χ0v) is 43.0. The Bertz CT molecular complexity index is 3960. The van der Waals surface area contributed by atoms with Crippen molar-refractivity contribution in [3.8, 4) is 33.4 Å². The van der Waals surface area contributed by atoms with Crippen molar-refractivity contribution >= 4 is 55.7 Å². The van der Waals surface area contributed by atoms with E-state index < -0.39 is 10.8 Å². The first-order valence-corrected chi connectivity index (χ1v) is 26.8. The Morgan fingerprint density at radius 1 is 0.237 bits per heavy atom. The van der Waals surface area contributed by atoms with E-state index in [2.05, 4.69) is 280 Å². The molecule has 0 radical (unpaired) electrons. The third kappa shape index (κ3) is 5.60. The van der Waals surface area contributed by atoms with Crippen LogP contribution in [-0.4, -0.2) is 0 Å². The van der Waals surface area contributed by atoms with Crippen LogP contribution >= 0.6 is 0 Å². The zero-order chi connectivity index (χ0) is 50.6. The Kier molecular flexibility index (Phi) is 8.89. The van der Waals surface area contributed by atoms with Gasteiger partial charge in [-0.2, -0.15) is 0 Å². The number of hydrogen-bond donors (Lipinski definition) is 0. The minimum atomic E-state index is -0.648. The summed E-state index contributed by atoms with van der Waals surface area (Å²) in [6.07, 6.45) is 0. The lowest BCUT2D eigenvalue weighted by atomic mass is 9.54.